The number of ether oxygens (including phenoxy) is 1. The zero-order valence-electron chi connectivity index (χ0n) is 14.7. The fourth-order valence-corrected chi connectivity index (χ4v) is 3.58. The van der Waals surface area contributed by atoms with Crippen molar-refractivity contribution in [3.05, 3.63) is 71.9 Å². The molecular formula is C21H21N3O2. The van der Waals surface area contributed by atoms with Crippen LogP contribution in [0.25, 0.3) is 11.3 Å². The first kappa shape index (κ1) is 16.4. The quantitative estimate of drug-likeness (QED) is 0.774. The highest BCUT2D eigenvalue weighted by atomic mass is 16.5. The molecule has 5 heteroatoms. The molecule has 132 valence electrons. The number of hydrogen-bond acceptors (Lipinski definition) is 3. The lowest BCUT2D eigenvalue weighted by Crippen LogP contribution is -2.30. The summed E-state index contributed by atoms with van der Waals surface area (Å²) in [6.45, 7) is 0.781. The molecule has 4 rings (SSSR count). The summed E-state index contributed by atoms with van der Waals surface area (Å²) in [5.74, 6) is 0.900. The van der Waals surface area contributed by atoms with Crippen LogP contribution >= 0.6 is 0 Å². The Bertz CT molecular complexity index is 888. The molecule has 26 heavy (non-hydrogen) atoms. The number of likely N-dealkylation sites (tertiary alicyclic amines) is 1. The maximum Gasteiger partial charge on any atom is 0.254 e. The van der Waals surface area contributed by atoms with Crippen molar-refractivity contribution >= 4 is 5.91 Å². The number of hydrogen-bond donors (Lipinski definition) is 1. The third kappa shape index (κ3) is 3.08. The maximum absolute atomic E-state index is 13.1. The molecule has 1 N–H and O–H groups in total. The number of nitrogens with one attached hydrogen (secondary N) is 1. The summed E-state index contributed by atoms with van der Waals surface area (Å²) in [6, 6.07) is 17.7. The summed E-state index contributed by atoms with van der Waals surface area (Å²) in [6.07, 6.45) is 3.71. The van der Waals surface area contributed by atoms with Crippen LogP contribution < -0.4 is 4.74 Å². The average molecular weight is 347 g/mol. The van der Waals surface area contributed by atoms with Gasteiger partial charge in [0.1, 0.15) is 5.75 Å². The van der Waals surface area contributed by atoms with Gasteiger partial charge in [0.2, 0.25) is 0 Å². The number of aromatic nitrogens is 2. The molecule has 0 unspecified atom stereocenters. The largest absolute Gasteiger partial charge is 0.497 e. The van der Waals surface area contributed by atoms with Gasteiger partial charge in [0.05, 0.1) is 18.8 Å². The zero-order chi connectivity index (χ0) is 17.9. The van der Waals surface area contributed by atoms with Crippen LogP contribution in [0.15, 0.2) is 60.8 Å². The average Bonchev–Trinajstić information content (AvgIpc) is 3.39. The minimum absolute atomic E-state index is 0.0754. The van der Waals surface area contributed by atoms with Crippen molar-refractivity contribution in [1.82, 2.24) is 15.1 Å². The van der Waals surface area contributed by atoms with Crippen LogP contribution in [0.5, 0.6) is 5.75 Å². The Morgan fingerprint density at radius 3 is 2.77 bits per heavy atom. The molecule has 0 saturated carbocycles. The molecule has 1 aliphatic rings. The second kappa shape index (κ2) is 7.04. The highest BCUT2D eigenvalue weighted by Crippen LogP contribution is 2.34. The van der Waals surface area contributed by atoms with Gasteiger partial charge in [-0.05, 0) is 54.3 Å². The van der Waals surface area contributed by atoms with E-state index in [1.165, 1.54) is 0 Å². The van der Waals surface area contributed by atoms with Gasteiger partial charge in [-0.25, -0.2) is 0 Å². The lowest BCUT2D eigenvalue weighted by atomic mass is 10.0. The molecule has 0 spiro atoms. The Labute approximate surface area is 152 Å². The molecule has 0 radical (unpaired) electrons. The Morgan fingerprint density at radius 1 is 1.19 bits per heavy atom. The first-order valence-corrected chi connectivity index (χ1v) is 8.81. The fraction of sp³-hybridized carbons (Fsp3) is 0.238. The van der Waals surface area contributed by atoms with Crippen LogP contribution in [-0.2, 0) is 0 Å². The molecule has 1 amide bonds. The van der Waals surface area contributed by atoms with E-state index in [2.05, 4.69) is 16.3 Å². The second-order valence-electron chi connectivity index (χ2n) is 6.48. The van der Waals surface area contributed by atoms with Gasteiger partial charge in [-0.3, -0.25) is 9.89 Å². The van der Waals surface area contributed by atoms with Gasteiger partial charge in [-0.2, -0.15) is 5.10 Å². The molecule has 1 aromatic heterocycles. The lowest BCUT2D eigenvalue weighted by molar-refractivity contribution is 0.0735. The number of H-pyrrole nitrogens is 1. The Morgan fingerprint density at radius 2 is 2.04 bits per heavy atom. The fourth-order valence-electron chi connectivity index (χ4n) is 3.58. The van der Waals surface area contributed by atoms with E-state index in [0.29, 0.717) is 5.56 Å². The summed E-state index contributed by atoms with van der Waals surface area (Å²) < 4.78 is 5.33. The topological polar surface area (TPSA) is 58.2 Å². The second-order valence-corrected chi connectivity index (χ2v) is 6.48. The van der Waals surface area contributed by atoms with Gasteiger partial charge in [0.25, 0.3) is 5.91 Å². The number of benzene rings is 2. The number of aromatic amines is 1. The van der Waals surface area contributed by atoms with E-state index in [0.717, 1.165) is 42.0 Å². The van der Waals surface area contributed by atoms with E-state index in [-0.39, 0.29) is 11.9 Å². The number of carbonyl (C=O) groups is 1. The highest BCUT2D eigenvalue weighted by Gasteiger charge is 2.30. The smallest absolute Gasteiger partial charge is 0.254 e. The summed E-state index contributed by atoms with van der Waals surface area (Å²) in [5, 5.41) is 6.91. The normalized spacial score (nSPS) is 16.7. The van der Waals surface area contributed by atoms with Crippen LogP contribution in [0.1, 0.15) is 34.8 Å². The monoisotopic (exact) mass is 347 g/mol. The first-order valence-electron chi connectivity index (χ1n) is 8.81. The molecule has 0 aliphatic carbocycles. The molecule has 0 bridgehead atoms. The Kier molecular flexibility index (Phi) is 4.44. The molecular weight excluding hydrogens is 326 g/mol. The summed E-state index contributed by atoms with van der Waals surface area (Å²) in [7, 11) is 1.66. The summed E-state index contributed by atoms with van der Waals surface area (Å²) >= 11 is 0. The van der Waals surface area contributed by atoms with Crippen LogP contribution in [0.4, 0.5) is 0 Å². The third-order valence-corrected chi connectivity index (χ3v) is 4.94. The standard InChI is InChI=1S/C21H21N3O2/c1-26-18-5-2-4-17(14-18)20-6-3-13-24(20)21(25)16-9-7-15(8-10-16)19-11-12-22-23-19/h2,4-5,7-12,14,20H,3,6,13H2,1H3,(H,22,23)/t20-/m1/s1. The van der Waals surface area contributed by atoms with Gasteiger partial charge in [-0.15, -0.1) is 0 Å². The van der Waals surface area contributed by atoms with Crippen molar-refractivity contribution in [2.24, 2.45) is 0 Å². The van der Waals surface area contributed by atoms with Crippen LogP contribution in [0.2, 0.25) is 0 Å². The first-order chi connectivity index (χ1) is 12.8. The molecule has 1 aliphatic heterocycles. The number of amides is 1. The van der Waals surface area contributed by atoms with Crippen molar-refractivity contribution in [3.63, 3.8) is 0 Å². The van der Waals surface area contributed by atoms with E-state index in [4.69, 9.17) is 4.74 Å². The van der Waals surface area contributed by atoms with Gasteiger partial charge in [0.15, 0.2) is 0 Å². The summed E-state index contributed by atoms with van der Waals surface area (Å²) in [5.41, 5.74) is 3.80. The maximum atomic E-state index is 13.1. The molecule has 3 aromatic rings. The molecule has 2 aromatic carbocycles. The van der Waals surface area contributed by atoms with E-state index in [1.807, 2.05) is 53.4 Å². The van der Waals surface area contributed by atoms with Crippen molar-refractivity contribution < 1.29 is 9.53 Å². The van der Waals surface area contributed by atoms with E-state index in [9.17, 15) is 4.79 Å². The molecule has 1 fully saturated rings. The molecule has 5 nitrogen and oxygen atoms in total. The van der Waals surface area contributed by atoms with Gasteiger partial charge >= 0.3 is 0 Å². The van der Waals surface area contributed by atoms with Crippen LogP contribution in [0.3, 0.4) is 0 Å². The Hall–Kier alpha value is -3.08. The molecule has 2 heterocycles. The van der Waals surface area contributed by atoms with E-state index < -0.39 is 0 Å². The minimum atomic E-state index is 0.0754. The lowest BCUT2D eigenvalue weighted by Gasteiger charge is -2.25. The Balaban J connectivity index is 1.56. The number of carbonyl (C=O) groups excluding carboxylic acids is 1. The summed E-state index contributed by atoms with van der Waals surface area (Å²) in [4.78, 5) is 15.0. The molecule has 1 saturated heterocycles. The third-order valence-electron chi connectivity index (χ3n) is 4.94. The number of nitrogens with zero attached hydrogens (tertiary/aromatic N) is 2. The van der Waals surface area contributed by atoms with Crippen molar-refractivity contribution in [1.29, 1.82) is 0 Å². The number of methoxy groups -OCH3 is 1. The van der Waals surface area contributed by atoms with Gasteiger partial charge in [-0.1, -0.05) is 24.3 Å². The minimum Gasteiger partial charge on any atom is -0.497 e. The van der Waals surface area contributed by atoms with Crippen LogP contribution in [-0.4, -0.2) is 34.7 Å². The van der Waals surface area contributed by atoms with Crippen LogP contribution in [0, 0.1) is 0 Å². The molecule has 1 atom stereocenters. The SMILES string of the molecule is COc1cccc([C@H]2CCCN2C(=O)c2ccc(-c3ccn[nH]3)cc2)c1. The van der Waals surface area contributed by atoms with E-state index >= 15 is 0 Å². The van der Waals surface area contributed by atoms with Crippen molar-refractivity contribution in [2.75, 3.05) is 13.7 Å². The van der Waals surface area contributed by atoms with Gasteiger partial charge < -0.3 is 9.64 Å². The predicted molar refractivity (Wildman–Crippen MR) is 100 cm³/mol. The highest BCUT2D eigenvalue weighted by molar-refractivity contribution is 5.95. The van der Waals surface area contributed by atoms with E-state index in [1.54, 1.807) is 13.3 Å². The zero-order valence-corrected chi connectivity index (χ0v) is 14.7. The van der Waals surface area contributed by atoms with Crippen molar-refractivity contribution in [2.45, 2.75) is 18.9 Å². The predicted octanol–water partition coefficient (Wildman–Crippen LogP) is 4.06. The van der Waals surface area contributed by atoms with Crippen molar-refractivity contribution in [3.8, 4) is 17.0 Å². The number of rotatable bonds is 4. The van der Waals surface area contributed by atoms with Gasteiger partial charge in [0, 0.05) is 18.3 Å².